The number of nitrogens with zero attached hydrogens (tertiary/aromatic N) is 2. The van der Waals surface area contributed by atoms with Gasteiger partial charge in [-0.15, -0.1) is 0 Å². The molecule has 11 heteroatoms. The Morgan fingerprint density at radius 3 is 2.47 bits per heavy atom. The fourth-order valence-electron chi connectivity index (χ4n) is 4.79. The van der Waals surface area contributed by atoms with Gasteiger partial charge >= 0.3 is 6.09 Å². The van der Waals surface area contributed by atoms with Gasteiger partial charge < -0.3 is 34.7 Å². The van der Waals surface area contributed by atoms with Crippen molar-refractivity contribution in [3.63, 3.8) is 0 Å². The Labute approximate surface area is 268 Å². The van der Waals surface area contributed by atoms with E-state index >= 15 is 0 Å². The summed E-state index contributed by atoms with van der Waals surface area (Å²) in [5.41, 5.74) is 5.00. The van der Waals surface area contributed by atoms with Gasteiger partial charge in [-0.2, -0.15) is 10.5 Å². The Kier molecular flexibility index (Phi) is 10.4. The number of carbonyl (C=O) groups is 1. The van der Waals surface area contributed by atoms with Crippen LogP contribution in [0.25, 0.3) is 11.1 Å². The highest BCUT2D eigenvalue weighted by molar-refractivity contribution is 9.10. The quantitative estimate of drug-likeness (QED) is 0.151. The van der Waals surface area contributed by atoms with Gasteiger partial charge in [0.1, 0.15) is 44.0 Å². The summed E-state index contributed by atoms with van der Waals surface area (Å²) in [5.74, 6) is 2.40. The van der Waals surface area contributed by atoms with Gasteiger partial charge in [0, 0.05) is 36.8 Å². The second kappa shape index (κ2) is 15.0. The van der Waals surface area contributed by atoms with E-state index in [4.69, 9.17) is 24.1 Å². The molecule has 3 N–H and O–H groups in total. The van der Waals surface area contributed by atoms with Crippen molar-refractivity contribution < 1.29 is 28.8 Å². The smallest absolute Gasteiger partial charge is 0.404 e. The zero-order chi connectivity index (χ0) is 31.6. The van der Waals surface area contributed by atoms with Crippen LogP contribution in [0.3, 0.4) is 0 Å². The lowest BCUT2D eigenvalue weighted by molar-refractivity contribution is 0.171. The number of hydrogen-bond donors (Lipinski definition) is 3. The van der Waals surface area contributed by atoms with Crippen LogP contribution in [-0.4, -0.2) is 37.5 Å². The number of amides is 1. The molecule has 4 aromatic rings. The molecule has 0 aliphatic carbocycles. The van der Waals surface area contributed by atoms with E-state index in [0.29, 0.717) is 70.5 Å². The van der Waals surface area contributed by atoms with E-state index in [1.807, 2.05) is 48.5 Å². The zero-order valence-electron chi connectivity index (χ0n) is 24.1. The van der Waals surface area contributed by atoms with Crippen LogP contribution >= 0.6 is 15.9 Å². The molecule has 0 unspecified atom stereocenters. The zero-order valence-corrected chi connectivity index (χ0v) is 25.7. The molecule has 1 aliphatic rings. The van der Waals surface area contributed by atoms with Crippen LogP contribution in [0.5, 0.6) is 23.0 Å². The van der Waals surface area contributed by atoms with Crippen LogP contribution < -0.4 is 29.6 Å². The van der Waals surface area contributed by atoms with E-state index < -0.39 is 6.09 Å². The maximum absolute atomic E-state index is 10.8. The third-order valence-corrected chi connectivity index (χ3v) is 7.58. The van der Waals surface area contributed by atoms with Crippen molar-refractivity contribution in [3.8, 4) is 46.3 Å². The molecule has 4 aromatic carbocycles. The lowest BCUT2D eigenvalue weighted by Gasteiger charge is -2.19. The number of hydrogen-bond acceptors (Lipinski definition) is 8. The Hall–Kier alpha value is -5.23. The van der Waals surface area contributed by atoms with Crippen LogP contribution in [0, 0.1) is 22.7 Å². The van der Waals surface area contributed by atoms with Crippen LogP contribution in [-0.2, 0) is 19.8 Å². The monoisotopic (exact) mass is 668 g/mol. The standard InChI is InChI=1S/C34H29BrN4O6/c35-29-14-26(19-38-9-10-39-34(40)41)31(44-20-23-4-1-3-22(13-23)17-36)16-32(29)45-21-25-5-2-6-27(28(25)18-37)24-7-8-30-33(15-24)43-12-11-42-30/h1-8,13-16,38-39H,9-12,19-21H2,(H,40,41). The molecular formula is C34H29BrN4O6. The summed E-state index contributed by atoms with van der Waals surface area (Å²) in [6.45, 7) is 2.40. The van der Waals surface area contributed by atoms with Crippen molar-refractivity contribution >= 4 is 22.0 Å². The molecule has 0 atom stereocenters. The number of nitrogens with one attached hydrogen (secondary N) is 2. The number of carboxylic acid groups (broad SMARTS) is 1. The van der Waals surface area contributed by atoms with E-state index in [-0.39, 0.29) is 19.8 Å². The molecule has 1 aliphatic heterocycles. The molecule has 1 heterocycles. The van der Waals surface area contributed by atoms with Gasteiger partial charge in [-0.05, 0) is 63.0 Å². The highest BCUT2D eigenvalue weighted by atomic mass is 79.9. The summed E-state index contributed by atoms with van der Waals surface area (Å²) >= 11 is 3.61. The van der Waals surface area contributed by atoms with E-state index in [9.17, 15) is 15.3 Å². The second-order valence-electron chi connectivity index (χ2n) is 10.00. The largest absolute Gasteiger partial charge is 0.488 e. The maximum Gasteiger partial charge on any atom is 0.404 e. The first-order valence-electron chi connectivity index (χ1n) is 14.1. The number of benzene rings is 4. The van der Waals surface area contributed by atoms with Crippen molar-refractivity contribution in [3.05, 3.63) is 105 Å². The number of ether oxygens (including phenoxy) is 4. The topological polar surface area (TPSA) is 146 Å². The van der Waals surface area contributed by atoms with Gasteiger partial charge in [-0.3, -0.25) is 0 Å². The first-order chi connectivity index (χ1) is 21.9. The van der Waals surface area contributed by atoms with Crippen LogP contribution in [0.4, 0.5) is 4.79 Å². The lowest BCUT2D eigenvalue weighted by atomic mass is 9.96. The van der Waals surface area contributed by atoms with E-state index in [2.05, 4.69) is 38.7 Å². The summed E-state index contributed by atoms with van der Waals surface area (Å²) in [7, 11) is 0. The predicted molar refractivity (Wildman–Crippen MR) is 169 cm³/mol. The van der Waals surface area contributed by atoms with Gasteiger partial charge in [0.05, 0.1) is 21.7 Å². The van der Waals surface area contributed by atoms with E-state index in [0.717, 1.165) is 22.3 Å². The van der Waals surface area contributed by atoms with Crippen molar-refractivity contribution in [2.45, 2.75) is 19.8 Å². The third kappa shape index (κ3) is 8.03. The molecule has 0 aromatic heterocycles. The maximum atomic E-state index is 10.8. The molecule has 10 nitrogen and oxygen atoms in total. The van der Waals surface area contributed by atoms with E-state index in [1.165, 1.54) is 0 Å². The summed E-state index contributed by atoms with van der Waals surface area (Å²) in [4.78, 5) is 10.8. The Morgan fingerprint density at radius 2 is 1.67 bits per heavy atom. The number of halogens is 1. The van der Waals surface area contributed by atoms with Crippen LogP contribution in [0.1, 0.15) is 27.8 Å². The molecule has 45 heavy (non-hydrogen) atoms. The first kappa shape index (κ1) is 31.2. The fraction of sp³-hybridized carbons (Fsp3) is 0.206. The van der Waals surface area contributed by atoms with Gasteiger partial charge in [-0.25, -0.2) is 4.79 Å². The van der Waals surface area contributed by atoms with E-state index in [1.54, 1.807) is 24.3 Å². The SMILES string of the molecule is N#Cc1cccc(COc2cc(OCc3cccc(-c4ccc5c(c4)OCCO5)c3C#N)c(Br)cc2CNCCNC(=O)O)c1. The minimum Gasteiger partial charge on any atom is -0.488 e. The predicted octanol–water partition coefficient (Wildman–Crippen LogP) is 6.15. The van der Waals surface area contributed by atoms with Crippen molar-refractivity contribution in [2.24, 2.45) is 0 Å². The molecule has 0 spiro atoms. The second-order valence-corrected chi connectivity index (χ2v) is 10.9. The molecule has 5 rings (SSSR count). The molecular weight excluding hydrogens is 640 g/mol. The molecule has 0 radical (unpaired) electrons. The summed E-state index contributed by atoms with van der Waals surface area (Å²) < 4.78 is 24.5. The number of nitriles is 2. The van der Waals surface area contributed by atoms with Crippen molar-refractivity contribution in [1.29, 1.82) is 10.5 Å². The molecule has 0 bridgehead atoms. The fourth-order valence-corrected chi connectivity index (χ4v) is 5.30. The molecule has 0 saturated carbocycles. The Morgan fingerprint density at radius 1 is 0.867 bits per heavy atom. The third-order valence-electron chi connectivity index (χ3n) is 6.96. The summed E-state index contributed by atoms with van der Waals surface area (Å²) in [6, 6.07) is 26.6. The molecule has 228 valence electrons. The normalized spacial score (nSPS) is 11.6. The highest BCUT2D eigenvalue weighted by Gasteiger charge is 2.17. The number of fused-ring (bicyclic) bond motifs is 1. The first-order valence-corrected chi connectivity index (χ1v) is 14.9. The van der Waals surface area contributed by atoms with Crippen LogP contribution in [0.15, 0.2) is 77.3 Å². The minimum absolute atomic E-state index is 0.127. The van der Waals surface area contributed by atoms with Crippen molar-refractivity contribution in [1.82, 2.24) is 10.6 Å². The number of rotatable bonds is 12. The molecule has 0 saturated heterocycles. The Bertz CT molecular complexity index is 1780. The van der Waals surface area contributed by atoms with Gasteiger partial charge in [0.15, 0.2) is 11.5 Å². The minimum atomic E-state index is -1.08. The molecule has 0 fully saturated rings. The van der Waals surface area contributed by atoms with Crippen LogP contribution in [0.2, 0.25) is 0 Å². The van der Waals surface area contributed by atoms with Gasteiger partial charge in [0.25, 0.3) is 0 Å². The average molecular weight is 670 g/mol. The lowest BCUT2D eigenvalue weighted by Crippen LogP contribution is -2.30. The van der Waals surface area contributed by atoms with Gasteiger partial charge in [-0.1, -0.05) is 36.4 Å². The summed E-state index contributed by atoms with van der Waals surface area (Å²) in [5, 5.41) is 33.8. The van der Waals surface area contributed by atoms with Gasteiger partial charge in [0.2, 0.25) is 0 Å². The Balaban J connectivity index is 1.36. The van der Waals surface area contributed by atoms with Crippen molar-refractivity contribution in [2.75, 3.05) is 26.3 Å². The summed E-state index contributed by atoms with van der Waals surface area (Å²) in [6.07, 6.45) is -1.08. The average Bonchev–Trinajstić information content (AvgIpc) is 3.06. The highest BCUT2D eigenvalue weighted by Crippen LogP contribution is 2.37. The molecule has 1 amide bonds.